The highest BCUT2D eigenvalue weighted by Gasteiger charge is 2.21. The molecular weight excluding hydrogens is 236 g/mol. The summed E-state index contributed by atoms with van der Waals surface area (Å²) in [6.07, 6.45) is 1.15. The molecule has 2 rings (SSSR count). The molecule has 4 N–H and O–H groups in total. The Labute approximate surface area is 102 Å². The van der Waals surface area contributed by atoms with Gasteiger partial charge in [-0.05, 0) is 6.07 Å². The van der Waals surface area contributed by atoms with E-state index < -0.39 is 24.4 Å². The van der Waals surface area contributed by atoms with E-state index in [4.69, 9.17) is 10.2 Å². The van der Waals surface area contributed by atoms with Gasteiger partial charge in [0.15, 0.2) is 0 Å². The van der Waals surface area contributed by atoms with Gasteiger partial charge in [0.05, 0.1) is 12.1 Å². The monoisotopic (exact) mass is 248 g/mol. The number of hydrogen-bond acceptors (Lipinski definition) is 3. The fraction of sp³-hybridized carbons (Fsp3) is 0.167. The largest absolute Gasteiger partial charge is 0.481 e. The Bertz CT molecular complexity index is 591. The molecule has 94 valence electrons. The average Bonchev–Trinajstić information content (AvgIpc) is 2.71. The second kappa shape index (κ2) is 4.79. The molecule has 0 unspecified atom stereocenters. The Morgan fingerprint density at radius 1 is 1.28 bits per heavy atom. The molecular formula is C12H12N2O4. The van der Waals surface area contributed by atoms with Gasteiger partial charge in [0.25, 0.3) is 0 Å². The zero-order chi connectivity index (χ0) is 13.1. The Hall–Kier alpha value is -2.50. The van der Waals surface area contributed by atoms with Crippen LogP contribution in [0.25, 0.3) is 10.9 Å². The highest BCUT2D eigenvalue weighted by molar-refractivity contribution is 5.94. The van der Waals surface area contributed by atoms with E-state index in [9.17, 15) is 9.59 Å². The molecule has 1 heterocycles. The first-order valence-electron chi connectivity index (χ1n) is 5.35. The first-order chi connectivity index (χ1) is 8.58. The summed E-state index contributed by atoms with van der Waals surface area (Å²) in [5, 5.41) is 21.2. The summed E-state index contributed by atoms with van der Waals surface area (Å²) in [6.45, 7) is 0. The Kier molecular flexibility index (Phi) is 3.18. The van der Waals surface area contributed by atoms with Crippen molar-refractivity contribution >= 4 is 28.5 Å². The van der Waals surface area contributed by atoms with Crippen molar-refractivity contribution < 1.29 is 19.8 Å². The maximum Gasteiger partial charge on any atom is 0.326 e. The second-order valence-corrected chi connectivity index (χ2v) is 3.88. The molecule has 0 spiro atoms. The summed E-state index contributed by atoms with van der Waals surface area (Å²) in [7, 11) is 0. The van der Waals surface area contributed by atoms with Crippen LogP contribution in [0.15, 0.2) is 30.5 Å². The van der Waals surface area contributed by atoms with Gasteiger partial charge in [-0.25, -0.2) is 4.79 Å². The summed E-state index contributed by atoms with van der Waals surface area (Å²) < 4.78 is 0. The lowest BCUT2D eigenvalue weighted by atomic mass is 10.2. The van der Waals surface area contributed by atoms with Crippen LogP contribution in [0.2, 0.25) is 0 Å². The molecule has 1 aromatic heterocycles. The maximum atomic E-state index is 11.0. The van der Waals surface area contributed by atoms with Gasteiger partial charge < -0.3 is 20.5 Å². The lowest BCUT2D eigenvalue weighted by molar-refractivity contribution is -0.144. The number of anilines is 1. The Balaban J connectivity index is 2.26. The standard InChI is InChI=1S/C12H12N2O4/c15-11(16)5-9(12(17)18)14-10-6-13-8-4-2-1-3-7(8)10/h1-4,6,9,13-14H,5H2,(H,15,16)(H,17,18)/t9-/m0/s1. The minimum Gasteiger partial charge on any atom is -0.481 e. The number of benzene rings is 1. The molecule has 0 aliphatic carbocycles. The van der Waals surface area contributed by atoms with Crippen LogP contribution < -0.4 is 5.32 Å². The average molecular weight is 248 g/mol. The number of carboxylic acids is 2. The molecule has 1 aromatic carbocycles. The molecule has 0 aliphatic rings. The first-order valence-corrected chi connectivity index (χ1v) is 5.35. The smallest absolute Gasteiger partial charge is 0.326 e. The van der Waals surface area contributed by atoms with Crippen LogP contribution in [-0.2, 0) is 9.59 Å². The topological polar surface area (TPSA) is 102 Å². The van der Waals surface area contributed by atoms with Gasteiger partial charge >= 0.3 is 11.9 Å². The van der Waals surface area contributed by atoms with E-state index in [1.807, 2.05) is 24.3 Å². The van der Waals surface area contributed by atoms with E-state index >= 15 is 0 Å². The number of aromatic nitrogens is 1. The SMILES string of the molecule is O=C(O)C[C@H](Nc1c[nH]c2ccccc12)C(=O)O. The predicted octanol–water partition coefficient (Wildman–Crippen LogP) is 1.51. The van der Waals surface area contributed by atoms with Crippen LogP contribution >= 0.6 is 0 Å². The number of rotatable bonds is 5. The van der Waals surface area contributed by atoms with Crippen molar-refractivity contribution in [2.45, 2.75) is 12.5 Å². The zero-order valence-corrected chi connectivity index (χ0v) is 9.38. The third-order valence-corrected chi connectivity index (χ3v) is 2.60. The number of carbonyl (C=O) groups is 2. The van der Waals surface area contributed by atoms with Crippen LogP contribution in [0.4, 0.5) is 5.69 Å². The van der Waals surface area contributed by atoms with Crippen molar-refractivity contribution in [2.75, 3.05) is 5.32 Å². The molecule has 0 fully saturated rings. The van der Waals surface area contributed by atoms with E-state index in [0.717, 1.165) is 10.9 Å². The zero-order valence-electron chi connectivity index (χ0n) is 9.38. The lowest BCUT2D eigenvalue weighted by Crippen LogP contribution is -2.31. The van der Waals surface area contributed by atoms with E-state index in [2.05, 4.69) is 10.3 Å². The molecule has 0 saturated heterocycles. The molecule has 6 heteroatoms. The number of H-pyrrole nitrogens is 1. The number of para-hydroxylation sites is 1. The quantitative estimate of drug-likeness (QED) is 0.642. The number of nitrogens with one attached hydrogen (secondary N) is 2. The summed E-state index contributed by atoms with van der Waals surface area (Å²) in [4.78, 5) is 24.5. The number of aromatic amines is 1. The van der Waals surface area contributed by atoms with Crippen molar-refractivity contribution in [1.82, 2.24) is 4.98 Å². The second-order valence-electron chi connectivity index (χ2n) is 3.88. The predicted molar refractivity (Wildman–Crippen MR) is 65.6 cm³/mol. The number of carboxylic acid groups (broad SMARTS) is 2. The number of hydrogen-bond donors (Lipinski definition) is 4. The van der Waals surface area contributed by atoms with E-state index in [-0.39, 0.29) is 0 Å². The number of fused-ring (bicyclic) bond motifs is 1. The fourth-order valence-electron chi connectivity index (χ4n) is 1.75. The highest BCUT2D eigenvalue weighted by Crippen LogP contribution is 2.23. The summed E-state index contributed by atoms with van der Waals surface area (Å²) in [5.41, 5.74) is 1.44. The van der Waals surface area contributed by atoms with Gasteiger partial charge in [-0.1, -0.05) is 18.2 Å². The molecule has 2 aromatic rings. The van der Waals surface area contributed by atoms with E-state index in [0.29, 0.717) is 5.69 Å². The fourth-order valence-corrected chi connectivity index (χ4v) is 1.75. The molecule has 0 aliphatic heterocycles. The molecule has 1 atom stereocenters. The van der Waals surface area contributed by atoms with Crippen LogP contribution in [0.3, 0.4) is 0 Å². The minimum atomic E-state index is -1.19. The van der Waals surface area contributed by atoms with Gasteiger partial charge in [0.1, 0.15) is 6.04 Å². The Morgan fingerprint density at radius 2 is 2.00 bits per heavy atom. The Morgan fingerprint density at radius 3 is 2.67 bits per heavy atom. The van der Waals surface area contributed by atoms with Gasteiger partial charge in [0.2, 0.25) is 0 Å². The van der Waals surface area contributed by atoms with Gasteiger partial charge in [-0.3, -0.25) is 4.79 Å². The van der Waals surface area contributed by atoms with Gasteiger partial charge in [-0.2, -0.15) is 0 Å². The van der Waals surface area contributed by atoms with Crippen LogP contribution in [-0.4, -0.2) is 33.2 Å². The summed E-state index contributed by atoms with van der Waals surface area (Å²) in [5.74, 6) is -2.35. The molecule has 0 bridgehead atoms. The first kappa shape index (κ1) is 12.0. The van der Waals surface area contributed by atoms with Crippen LogP contribution in [0.1, 0.15) is 6.42 Å². The summed E-state index contributed by atoms with van der Waals surface area (Å²) in [6, 6.07) is 6.21. The van der Waals surface area contributed by atoms with Crippen molar-refractivity contribution in [2.24, 2.45) is 0 Å². The molecule has 0 radical (unpaired) electrons. The molecule has 18 heavy (non-hydrogen) atoms. The molecule has 6 nitrogen and oxygen atoms in total. The van der Waals surface area contributed by atoms with Gasteiger partial charge in [0, 0.05) is 17.1 Å². The van der Waals surface area contributed by atoms with Gasteiger partial charge in [-0.15, -0.1) is 0 Å². The summed E-state index contributed by atoms with van der Waals surface area (Å²) >= 11 is 0. The van der Waals surface area contributed by atoms with E-state index in [1.54, 1.807) is 6.20 Å². The van der Waals surface area contributed by atoms with Crippen LogP contribution in [0, 0.1) is 0 Å². The molecule has 0 saturated carbocycles. The molecule has 0 amide bonds. The van der Waals surface area contributed by atoms with Crippen molar-refractivity contribution in [3.8, 4) is 0 Å². The van der Waals surface area contributed by atoms with E-state index in [1.165, 1.54) is 0 Å². The van der Waals surface area contributed by atoms with Crippen molar-refractivity contribution in [3.63, 3.8) is 0 Å². The maximum absolute atomic E-state index is 11.0. The van der Waals surface area contributed by atoms with Crippen LogP contribution in [0.5, 0.6) is 0 Å². The van der Waals surface area contributed by atoms with Crippen molar-refractivity contribution in [1.29, 1.82) is 0 Å². The lowest BCUT2D eigenvalue weighted by Gasteiger charge is -2.12. The third kappa shape index (κ3) is 2.42. The minimum absolute atomic E-state index is 0.477. The van der Waals surface area contributed by atoms with Crippen molar-refractivity contribution in [3.05, 3.63) is 30.5 Å². The normalized spacial score (nSPS) is 12.2. The highest BCUT2D eigenvalue weighted by atomic mass is 16.4. The third-order valence-electron chi connectivity index (χ3n) is 2.60. The number of aliphatic carboxylic acids is 2.